The zero-order chi connectivity index (χ0) is 15.5. The second-order valence-electron chi connectivity index (χ2n) is 5.31. The number of carbonyl (C=O) groups excluding carboxylic acids is 1. The van der Waals surface area contributed by atoms with Gasteiger partial charge in [0.2, 0.25) is 0 Å². The quantitative estimate of drug-likeness (QED) is 0.945. The Labute approximate surface area is 128 Å². The lowest BCUT2D eigenvalue weighted by molar-refractivity contribution is 0.0697. The first kappa shape index (κ1) is 14.3. The van der Waals surface area contributed by atoms with Gasteiger partial charge in [-0.2, -0.15) is 0 Å². The molecule has 1 aliphatic rings. The molecule has 3 rings (SSSR count). The summed E-state index contributed by atoms with van der Waals surface area (Å²) in [6.07, 6.45) is 5.05. The zero-order valence-electron chi connectivity index (χ0n) is 12.0. The maximum Gasteiger partial charge on any atom is 0.336 e. The van der Waals surface area contributed by atoms with E-state index in [2.05, 4.69) is 4.98 Å². The number of aromatic carboxylic acids is 1. The Bertz CT molecular complexity index is 721. The van der Waals surface area contributed by atoms with Gasteiger partial charge in [0.15, 0.2) is 0 Å². The highest BCUT2D eigenvalue weighted by atomic mass is 16.4. The number of nitrogens with zero attached hydrogens (tertiary/aromatic N) is 2. The third kappa shape index (κ3) is 2.70. The molecule has 2 aromatic rings. The van der Waals surface area contributed by atoms with Crippen LogP contribution in [0.25, 0.3) is 11.1 Å². The first-order chi connectivity index (χ1) is 10.7. The predicted molar refractivity (Wildman–Crippen MR) is 81.8 cm³/mol. The summed E-state index contributed by atoms with van der Waals surface area (Å²) in [5.74, 6) is -1.01. The van der Waals surface area contributed by atoms with E-state index in [-0.39, 0.29) is 11.5 Å². The lowest BCUT2D eigenvalue weighted by atomic mass is 10.00. The summed E-state index contributed by atoms with van der Waals surface area (Å²) < 4.78 is 0. The Morgan fingerprint density at radius 2 is 1.91 bits per heavy atom. The molecule has 0 radical (unpaired) electrons. The molecule has 0 atom stereocenters. The number of hydrogen-bond acceptors (Lipinski definition) is 3. The van der Waals surface area contributed by atoms with Gasteiger partial charge in [0.25, 0.3) is 5.91 Å². The molecular formula is C17H16N2O3. The highest BCUT2D eigenvalue weighted by molar-refractivity contribution is 5.98. The minimum atomic E-state index is -1.01. The summed E-state index contributed by atoms with van der Waals surface area (Å²) >= 11 is 0. The van der Waals surface area contributed by atoms with Crippen LogP contribution >= 0.6 is 0 Å². The van der Waals surface area contributed by atoms with Crippen molar-refractivity contribution in [2.45, 2.75) is 12.8 Å². The Morgan fingerprint density at radius 1 is 1.14 bits per heavy atom. The van der Waals surface area contributed by atoms with Gasteiger partial charge in [-0.25, -0.2) is 4.79 Å². The van der Waals surface area contributed by atoms with Gasteiger partial charge < -0.3 is 10.0 Å². The van der Waals surface area contributed by atoms with Crippen LogP contribution in [0.5, 0.6) is 0 Å². The Kier molecular flexibility index (Phi) is 3.87. The molecule has 1 N–H and O–H groups in total. The Balaban J connectivity index is 1.98. The molecule has 2 heterocycles. The second-order valence-corrected chi connectivity index (χ2v) is 5.31. The van der Waals surface area contributed by atoms with E-state index in [1.54, 1.807) is 24.3 Å². The molecule has 0 saturated carbocycles. The van der Waals surface area contributed by atoms with Gasteiger partial charge in [-0.05, 0) is 36.6 Å². The summed E-state index contributed by atoms with van der Waals surface area (Å²) in [7, 11) is 0. The van der Waals surface area contributed by atoms with Crippen molar-refractivity contribution < 1.29 is 14.7 Å². The summed E-state index contributed by atoms with van der Waals surface area (Å²) in [5.41, 5.74) is 1.97. The van der Waals surface area contributed by atoms with Gasteiger partial charge in [-0.1, -0.05) is 12.1 Å². The minimum absolute atomic E-state index is 0.000107. The fraction of sp³-hybridized carbons (Fsp3) is 0.235. The first-order valence-electron chi connectivity index (χ1n) is 7.24. The Hall–Kier alpha value is -2.69. The molecule has 112 valence electrons. The van der Waals surface area contributed by atoms with Crippen molar-refractivity contribution in [1.82, 2.24) is 9.88 Å². The molecule has 1 saturated heterocycles. The molecule has 0 aliphatic carbocycles. The number of benzene rings is 1. The second kappa shape index (κ2) is 5.97. The van der Waals surface area contributed by atoms with Crippen molar-refractivity contribution in [1.29, 1.82) is 0 Å². The highest BCUT2D eigenvalue weighted by Crippen LogP contribution is 2.24. The van der Waals surface area contributed by atoms with Crippen LogP contribution in [0.2, 0.25) is 0 Å². The van der Waals surface area contributed by atoms with Crippen molar-refractivity contribution in [2.24, 2.45) is 0 Å². The molecule has 1 aromatic carbocycles. The number of carbonyl (C=O) groups is 2. The van der Waals surface area contributed by atoms with E-state index in [0.717, 1.165) is 25.9 Å². The van der Waals surface area contributed by atoms with Crippen molar-refractivity contribution in [2.75, 3.05) is 13.1 Å². The monoisotopic (exact) mass is 296 g/mol. The molecule has 0 unspecified atom stereocenters. The predicted octanol–water partition coefficient (Wildman–Crippen LogP) is 2.68. The summed E-state index contributed by atoms with van der Waals surface area (Å²) in [6.45, 7) is 1.58. The molecule has 1 amide bonds. The van der Waals surface area contributed by atoms with E-state index >= 15 is 0 Å². The number of pyridine rings is 1. The third-order valence-electron chi connectivity index (χ3n) is 3.87. The largest absolute Gasteiger partial charge is 0.478 e. The van der Waals surface area contributed by atoms with Crippen molar-refractivity contribution in [3.63, 3.8) is 0 Å². The SMILES string of the molecule is O=C(O)c1ccncc1-c1cccc(C(=O)N2CCCC2)c1. The lowest BCUT2D eigenvalue weighted by Crippen LogP contribution is -2.27. The highest BCUT2D eigenvalue weighted by Gasteiger charge is 2.20. The number of rotatable bonds is 3. The number of hydrogen-bond donors (Lipinski definition) is 1. The van der Waals surface area contributed by atoms with Gasteiger partial charge in [-0.3, -0.25) is 9.78 Å². The van der Waals surface area contributed by atoms with Crippen molar-refractivity contribution >= 4 is 11.9 Å². The number of amides is 1. The number of aromatic nitrogens is 1. The maximum atomic E-state index is 12.4. The van der Waals surface area contributed by atoms with Gasteiger partial charge >= 0.3 is 5.97 Å². The van der Waals surface area contributed by atoms with Crippen LogP contribution in [0.1, 0.15) is 33.6 Å². The first-order valence-corrected chi connectivity index (χ1v) is 7.24. The van der Waals surface area contributed by atoms with Crippen LogP contribution in [-0.2, 0) is 0 Å². The van der Waals surface area contributed by atoms with Crippen LogP contribution in [0.4, 0.5) is 0 Å². The van der Waals surface area contributed by atoms with Crippen molar-refractivity contribution in [3.8, 4) is 11.1 Å². The summed E-state index contributed by atoms with van der Waals surface area (Å²) in [6, 6.07) is 8.54. The van der Waals surface area contributed by atoms with E-state index in [1.807, 2.05) is 4.90 Å². The van der Waals surface area contributed by atoms with E-state index in [0.29, 0.717) is 16.7 Å². The van der Waals surface area contributed by atoms with E-state index in [9.17, 15) is 14.7 Å². The van der Waals surface area contributed by atoms with E-state index < -0.39 is 5.97 Å². The van der Waals surface area contributed by atoms with Crippen LogP contribution in [0.3, 0.4) is 0 Å². The molecule has 22 heavy (non-hydrogen) atoms. The minimum Gasteiger partial charge on any atom is -0.478 e. The van der Waals surface area contributed by atoms with Crippen LogP contribution < -0.4 is 0 Å². The average Bonchev–Trinajstić information content (AvgIpc) is 3.08. The Morgan fingerprint density at radius 3 is 2.64 bits per heavy atom. The summed E-state index contributed by atoms with van der Waals surface area (Å²) in [5, 5.41) is 9.28. The van der Waals surface area contributed by atoms with Gasteiger partial charge in [0.1, 0.15) is 0 Å². The molecule has 1 aromatic heterocycles. The van der Waals surface area contributed by atoms with Crippen LogP contribution in [-0.4, -0.2) is 40.0 Å². The lowest BCUT2D eigenvalue weighted by Gasteiger charge is -2.16. The number of likely N-dealkylation sites (tertiary alicyclic amines) is 1. The standard InChI is InChI=1S/C17H16N2O3/c20-16(19-8-1-2-9-19)13-5-3-4-12(10-13)15-11-18-7-6-14(15)17(21)22/h3-7,10-11H,1-2,8-9H2,(H,21,22). The van der Waals surface area contributed by atoms with E-state index in [1.165, 1.54) is 18.5 Å². The average molecular weight is 296 g/mol. The topological polar surface area (TPSA) is 70.5 Å². The normalized spacial score (nSPS) is 14.1. The maximum absolute atomic E-state index is 12.4. The fourth-order valence-corrected chi connectivity index (χ4v) is 2.73. The molecule has 0 spiro atoms. The zero-order valence-corrected chi connectivity index (χ0v) is 12.0. The van der Waals surface area contributed by atoms with Gasteiger partial charge in [-0.15, -0.1) is 0 Å². The van der Waals surface area contributed by atoms with Gasteiger partial charge in [0.05, 0.1) is 5.56 Å². The number of carboxylic acids is 1. The third-order valence-corrected chi connectivity index (χ3v) is 3.87. The molecule has 1 fully saturated rings. The smallest absolute Gasteiger partial charge is 0.336 e. The van der Waals surface area contributed by atoms with E-state index in [4.69, 9.17) is 0 Å². The van der Waals surface area contributed by atoms with Crippen LogP contribution in [0, 0.1) is 0 Å². The molecule has 0 bridgehead atoms. The fourth-order valence-electron chi connectivity index (χ4n) is 2.73. The van der Waals surface area contributed by atoms with Crippen LogP contribution in [0.15, 0.2) is 42.7 Å². The summed E-state index contributed by atoms with van der Waals surface area (Å²) in [4.78, 5) is 29.6. The molecule has 5 nitrogen and oxygen atoms in total. The molecule has 1 aliphatic heterocycles. The van der Waals surface area contributed by atoms with Gasteiger partial charge in [0, 0.05) is 36.6 Å². The number of carboxylic acid groups (broad SMARTS) is 1. The molecule has 5 heteroatoms. The van der Waals surface area contributed by atoms with Crippen molar-refractivity contribution in [3.05, 3.63) is 53.9 Å². The molecular weight excluding hydrogens is 280 g/mol.